The van der Waals surface area contributed by atoms with Gasteiger partial charge in [0.25, 0.3) is 11.8 Å². The molecular weight excluding hydrogens is 416 g/mol. The van der Waals surface area contributed by atoms with Crippen LogP contribution in [0.25, 0.3) is 0 Å². The second kappa shape index (κ2) is 9.69. The Balaban J connectivity index is 1.41. The van der Waals surface area contributed by atoms with Crippen LogP contribution in [-0.4, -0.2) is 30.9 Å². The van der Waals surface area contributed by atoms with Gasteiger partial charge in [-0.25, -0.2) is 0 Å². The predicted molar refractivity (Wildman–Crippen MR) is 127 cm³/mol. The summed E-state index contributed by atoms with van der Waals surface area (Å²) in [6.45, 7) is 3.08. The van der Waals surface area contributed by atoms with Crippen LogP contribution in [0.1, 0.15) is 32.6 Å². The number of ether oxygens (including phenoxy) is 1. The van der Waals surface area contributed by atoms with Crippen molar-refractivity contribution in [3.8, 4) is 0 Å². The summed E-state index contributed by atoms with van der Waals surface area (Å²) in [5, 5.41) is 2.56. The van der Waals surface area contributed by atoms with Crippen LogP contribution >= 0.6 is 0 Å². The van der Waals surface area contributed by atoms with Gasteiger partial charge in [-0.3, -0.25) is 19.3 Å². The Bertz CT molecular complexity index is 1150. The molecule has 0 radical (unpaired) electrons. The lowest BCUT2D eigenvalue weighted by Gasteiger charge is -2.24. The normalized spacial score (nSPS) is 12.2. The molecule has 33 heavy (non-hydrogen) atoms. The fraction of sp³-hybridized carbons (Fsp3) is 0.222. The first-order valence-corrected chi connectivity index (χ1v) is 10.9. The summed E-state index contributed by atoms with van der Waals surface area (Å²) in [4.78, 5) is 39.4. The fourth-order valence-electron chi connectivity index (χ4n) is 4.17. The third-order valence-corrected chi connectivity index (χ3v) is 5.61. The van der Waals surface area contributed by atoms with Crippen LogP contribution in [0.3, 0.4) is 0 Å². The Kier molecular flexibility index (Phi) is 6.54. The average Bonchev–Trinajstić information content (AvgIpc) is 2.97. The predicted octanol–water partition coefficient (Wildman–Crippen LogP) is 4.04. The lowest BCUT2D eigenvalue weighted by molar-refractivity contribution is -0.146. The van der Waals surface area contributed by atoms with E-state index in [1.165, 1.54) is 0 Å². The summed E-state index contributed by atoms with van der Waals surface area (Å²) in [7, 11) is 0. The summed E-state index contributed by atoms with van der Waals surface area (Å²) in [5.41, 5.74) is 6.13. The van der Waals surface area contributed by atoms with Crippen molar-refractivity contribution in [2.24, 2.45) is 0 Å². The third-order valence-electron chi connectivity index (χ3n) is 5.61. The second-order valence-electron chi connectivity index (χ2n) is 8.21. The maximum atomic E-state index is 13.2. The standard InChI is InChI=1S/C27H26N2O4/c1-18-13-19(2)15-22(14-18)27(32)28-16-26(31)33-17-25(30)29-23-9-5-3-7-20(23)11-12-21-8-4-6-10-24(21)29/h3-10,13-15H,11-12,16-17H2,1-2H3,(H,28,32). The van der Waals surface area contributed by atoms with Gasteiger partial charge in [0, 0.05) is 5.56 Å². The number of para-hydroxylation sites is 2. The van der Waals surface area contributed by atoms with Crippen LogP contribution in [-0.2, 0) is 27.2 Å². The number of rotatable bonds is 5. The van der Waals surface area contributed by atoms with Crippen LogP contribution < -0.4 is 10.2 Å². The molecule has 0 atom stereocenters. The number of aryl methyl sites for hydroxylation is 4. The van der Waals surface area contributed by atoms with Crippen LogP contribution in [0.5, 0.6) is 0 Å². The first kappa shape index (κ1) is 22.3. The van der Waals surface area contributed by atoms with Gasteiger partial charge in [-0.2, -0.15) is 0 Å². The van der Waals surface area contributed by atoms with Crippen molar-refractivity contribution < 1.29 is 19.1 Å². The summed E-state index contributed by atoms with van der Waals surface area (Å²) < 4.78 is 5.22. The lowest BCUT2D eigenvalue weighted by Crippen LogP contribution is -2.35. The molecule has 0 fully saturated rings. The molecule has 6 heteroatoms. The maximum absolute atomic E-state index is 13.2. The molecule has 1 N–H and O–H groups in total. The number of esters is 1. The van der Waals surface area contributed by atoms with Gasteiger partial charge in [0.1, 0.15) is 6.54 Å². The number of carbonyl (C=O) groups is 3. The van der Waals surface area contributed by atoms with E-state index in [0.717, 1.165) is 46.5 Å². The SMILES string of the molecule is Cc1cc(C)cc(C(=O)NCC(=O)OCC(=O)N2c3ccccc3CCc3ccccc32)c1. The molecule has 3 aromatic carbocycles. The number of amides is 2. The number of carbonyl (C=O) groups excluding carboxylic acids is 3. The van der Waals surface area contributed by atoms with Crippen LogP contribution in [0.2, 0.25) is 0 Å². The lowest BCUT2D eigenvalue weighted by atomic mass is 10.0. The average molecular weight is 443 g/mol. The monoisotopic (exact) mass is 442 g/mol. The fourth-order valence-corrected chi connectivity index (χ4v) is 4.17. The molecule has 0 saturated heterocycles. The van der Waals surface area contributed by atoms with E-state index in [-0.39, 0.29) is 18.4 Å². The Morgan fingerprint density at radius 1 is 0.848 bits per heavy atom. The highest BCUT2D eigenvalue weighted by atomic mass is 16.5. The van der Waals surface area contributed by atoms with Crippen molar-refractivity contribution in [2.75, 3.05) is 18.1 Å². The molecule has 0 unspecified atom stereocenters. The van der Waals surface area contributed by atoms with Crippen molar-refractivity contribution in [1.29, 1.82) is 0 Å². The Hall–Kier alpha value is -3.93. The number of anilines is 2. The molecule has 6 nitrogen and oxygen atoms in total. The van der Waals surface area contributed by atoms with Crippen molar-refractivity contribution in [3.05, 3.63) is 94.5 Å². The topological polar surface area (TPSA) is 75.7 Å². The van der Waals surface area contributed by atoms with Crippen LogP contribution in [0, 0.1) is 13.8 Å². The minimum absolute atomic E-state index is 0.313. The highest BCUT2D eigenvalue weighted by Crippen LogP contribution is 2.35. The molecule has 1 heterocycles. The van der Waals surface area contributed by atoms with Gasteiger partial charge in [0.05, 0.1) is 11.4 Å². The Morgan fingerprint density at radius 3 is 1.97 bits per heavy atom. The Labute approximate surface area is 193 Å². The summed E-state index contributed by atoms with van der Waals surface area (Å²) in [6.07, 6.45) is 1.64. The molecule has 0 aliphatic carbocycles. The maximum Gasteiger partial charge on any atom is 0.325 e. The zero-order valence-electron chi connectivity index (χ0n) is 18.8. The van der Waals surface area contributed by atoms with E-state index >= 15 is 0 Å². The second-order valence-corrected chi connectivity index (χ2v) is 8.21. The molecule has 0 bridgehead atoms. The van der Waals surface area contributed by atoms with Gasteiger partial charge in [0.15, 0.2) is 6.61 Å². The number of nitrogens with one attached hydrogen (secondary N) is 1. The van der Waals surface area contributed by atoms with Crippen molar-refractivity contribution in [1.82, 2.24) is 5.32 Å². The quantitative estimate of drug-likeness (QED) is 0.605. The van der Waals surface area contributed by atoms with E-state index in [2.05, 4.69) is 5.32 Å². The Morgan fingerprint density at radius 2 is 1.39 bits per heavy atom. The van der Waals surface area contributed by atoms with Gasteiger partial charge in [0.2, 0.25) is 0 Å². The van der Waals surface area contributed by atoms with Gasteiger partial charge >= 0.3 is 5.97 Å². The minimum atomic E-state index is -0.669. The van der Waals surface area contributed by atoms with Crippen molar-refractivity contribution >= 4 is 29.2 Å². The van der Waals surface area contributed by atoms with Gasteiger partial charge in [-0.05, 0) is 62.1 Å². The molecule has 0 spiro atoms. The van der Waals surface area contributed by atoms with E-state index in [1.807, 2.05) is 68.4 Å². The molecule has 2 amide bonds. The van der Waals surface area contributed by atoms with Crippen LogP contribution in [0.15, 0.2) is 66.7 Å². The number of fused-ring (bicyclic) bond motifs is 2. The first-order valence-electron chi connectivity index (χ1n) is 10.9. The summed E-state index contributed by atoms with van der Waals surface area (Å²) in [6, 6.07) is 21.0. The molecule has 168 valence electrons. The van der Waals surface area contributed by atoms with Crippen LogP contribution in [0.4, 0.5) is 11.4 Å². The van der Waals surface area contributed by atoms with E-state index in [9.17, 15) is 14.4 Å². The van der Waals surface area contributed by atoms with E-state index in [0.29, 0.717) is 5.56 Å². The highest BCUT2D eigenvalue weighted by Gasteiger charge is 2.26. The molecule has 0 aromatic heterocycles. The van der Waals surface area contributed by atoms with Gasteiger partial charge < -0.3 is 10.1 Å². The number of hydrogen-bond acceptors (Lipinski definition) is 4. The number of hydrogen-bond donors (Lipinski definition) is 1. The zero-order chi connectivity index (χ0) is 23.4. The van der Waals surface area contributed by atoms with Gasteiger partial charge in [-0.1, -0.05) is 53.6 Å². The summed E-state index contributed by atoms with van der Waals surface area (Å²) >= 11 is 0. The molecule has 1 aliphatic rings. The molecule has 3 aromatic rings. The molecule has 4 rings (SSSR count). The number of nitrogens with zero attached hydrogens (tertiary/aromatic N) is 1. The highest BCUT2D eigenvalue weighted by molar-refractivity contribution is 6.03. The first-order chi connectivity index (χ1) is 15.9. The van der Waals surface area contributed by atoms with E-state index < -0.39 is 12.6 Å². The molecular formula is C27H26N2O4. The molecule has 0 saturated carbocycles. The number of benzene rings is 3. The van der Waals surface area contributed by atoms with E-state index in [1.54, 1.807) is 17.0 Å². The largest absolute Gasteiger partial charge is 0.454 e. The van der Waals surface area contributed by atoms with E-state index in [4.69, 9.17) is 4.74 Å². The third kappa shape index (κ3) is 5.12. The van der Waals surface area contributed by atoms with Crippen molar-refractivity contribution in [3.63, 3.8) is 0 Å². The van der Waals surface area contributed by atoms with Crippen molar-refractivity contribution in [2.45, 2.75) is 26.7 Å². The molecule has 1 aliphatic heterocycles. The smallest absolute Gasteiger partial charge is 0.325 e. The van der Waals surface area contributed by atoms with Gasteiger partial charge in [-0.15, -0.1) is 0 Å². The minimum Gasteiger partial charge on any atom is -0.454 e. The zero-order valence-corrected chi connectivity index (χ0v) is 18.8. The summed E-state index contributed by atoms with van der Waals surface area (Å²) in [5.74, 6) is -1.37.